The quantitative estimate of drug-likeness (QED) is 0.653. The Hall–Kier alpha value is -1.02. The van der Waals surface area contributed by atoms with Crippen LogP contribution in [-0.4, -0.2) is 5.91 Å². The highest BCUT2D eigenvalue weighted by Crippen LogP contribution is 2.30. The van der Waals surface area contributed by atoms with Crippen LogP contribution in [0.5, 0.6) is 0 Å². The van der Waals surface area contributed by atoms with Gasteiger partial charge in [-0.3, -0.25) is 4.79 Å². The molecular weight excluding hydrogens is 174 g/mol. The summed E-state index contributed by atoms with van der Waals surface area (Å²) in [6, 6.07) is 3.81. The van der Waals surface area contributed by atoms with Crippen LogP contribution in [0.15, 0.2) is 12.1 Å². The van der Waals surface area contributed by atoms with Crippen LogP contribution in [0, 0.1) is 6.92 Å². The van der Waals surface area contributed by atoms with E-state index < -0.39 is 0 Å². The van der Waals surface area contributed by atoms with Gasteiger partial charge in [0.15, 0.2) is 0 Å². The van der Waals surface area contributed by atoms with Crippen molar-refractivity contribution in [3.8, 4) is 0 Å². The monoisotopic (exact) mass is 181 g/mol. The lowest BCUT2D eigenvalue weighted by Crippen LogP contribution is -2.03. The topological polar surface area (TPSA) is 29.1 Å². The number of benzene rings is 1. The molecule has 0 unspecified atom stereocenters. The minimum Gasteiger partial charge on any atom is -0.325 e. The van der Waals surface area contributed by atoms with Crippen molar-refractivity contribution in [2.24, 2.45) is 0 Å². The average Bonchev–Trinajstić information content (AvgIpc) is 2.29. The third kappa shape index (κ3) is 1.08. The van der Waals surface area contributed by atoms with Crippen LogP contribution in [-0.2, 0) is 11.2 Å². The van der Waals surface area contributed by atoms with Crippen LogP contribution in [0.3, 0.4) is 0 Å². The standard InChI is InChI=1S/C9H8ClNO/c1-5-2-7(10)6-4-9(12)11-8(6)3-5/h2-3H,4H2,1H3,(H,11,12). The third-order valence-corrected chi connectivity index (χ3v) is 2.29. The predicted molar refractivity (Wildman–Crippen MR) is 48.5 cm³/mol. The maximum atomic E-state index is 11.0. The fourth-order valence-electron chi connectivity index (χ4n) is 1.42. The molecule has 0 saturated carbocycles. The lowest BCUT2D eigenvalue weighted by Gasteiger charge is -2.01. The highest BCUT2D eigenvalue weighted by atomic mass is 35.5. The highest BCUT2D eigenvalue weighted by molar-refractivity contribution is 6.32. The van der Waals surface area contributed by atoms with Crippen molar-refractivity contribution < 1.29 is 4.79 Å². The number of hydrogen-bond donors (Lipinski definition) is 1. The number of carbonyl (C=O) groups excluding carboxylic acids is 1. The first kappa shape index (κ1) is 7.62. The third-order valence-electron chi connectivity index (χ3n) is 1.95. The average molecular weight is 182 g/mol. The molecule has 1 amide bonds. The molecule has 0 spiro atoms. The van der Waals surface area contributed by atoms with Gasteiger partial charge < -0.3 is 5.32 Å². The molecule has 1 aromatic carbocycles. The first-order valence-electron chi connectivity index (χ1n) is 3.75. The number of nitrogens with one attached hydrogen (secondary N) is 1. The zero-order valence-electron chi connectivity index (χ0n) is 6.65. The molecule has 1 aliphatic heterocycles. The molecule has 62 valence electrons. The van der Waals surface area contributed by atoms with E-state index in [1.807, 2.05) is 19.1 Å². The molecule has 0 bridgehead atoms. The maximum Gasteiger partial charge on any atom is 0.228 e. The van der Waals surface area contributed by atoms with Gasteiger partial charge in [0.05, 0.1) is 6.42 Å². The molecule has 1 heterocycles. The Balaban J connectivity index is 2.59. The normalized spacial score (nSPS) is 14.3. The summed E-state index contributed by atoms with van der Waals surface area (Å²) in [7, 11) is 0. The van der Waals surface area contributed by atoms with Crippen LogP contribution in [0.25, 0.3) is 0 Å². The first-order valence-corrected chi connectivity index (χ1v) is 4.13. The summed E-state index contributed by atoms with van der Waals surface area (Å²) in [5.74, 6) is 0.0255. The minimum atomic E-state index is 0.0255. The Morgan fingerprint density at radius 3 is 3.00 bits per heavy atom. The summed E-state index contributed by atoms with van der Waals surface area (Å²) < 4.78 is 0. The molecule has 1 aromatic rings. The summed E-state index contributed by atoms with van der Waals surface area (Å²) in [5.41, 5.74) is 2.86. The Kier molecular flexibility index (Phi) is 1.58. The summed E-state index contributed by atoms with van der Waals surface area (Å²) >= 11 is 5.95. The summed E-state index contributed by atoms with van der Waals surface area (Å²) in [5, 5.41) is 3.44. The van der Waals surface area contributed by atoms with Crippen LogP contribution in [0.1, 0.15) is 11.1 Å². The van der Waals surface area contributed by atoms with Gasteiger partial charge in [-0.15, -0.1) is 0 Å². The van der Waals surface area contributed by atoms with Crippen LogP contribution in [0.2, 0.25) is 5.02 Å². The molecular formula is C9H8ClNO. The van der Waals surface area contributed by atoms with E-state index in [1.54, 1.807) is 0 Å². The lowest BCUT2D eigenvalue weighted by atomic mass is 10.1. The van der Waals surface area contributed by atoms with Gasteiger partial charge in [0.25, 0.3) is 0 Å². The molecule has 2 rings (SSSR count). The molecule has 12 heavy (non-hydrogen) atoms. The largest absolute Gasteiger partial charge is 0.325 e. The summed E-state index contributed by atoms with van der Waals surface area (Å²) in [6.07, 6.45) is 0.411. The smallest absolute Gasteiger partial charge is 0.228 e. The predicted octanol–water partition coefficient (Wildman–Crippen LogP) is 2.14. The number of anilines is 1. The number of carbonyl (C=O) groups is 1. The van der Waals surface area contributed by atoms with Crippen molar-refractivity contribution in [2.45, 2.75) is 13.3 Å². The van der Waals surface area contributed by atoms with Gasteiger partial charge in [-0.25, -0.2) is 0 Å². The molecule has 0 atom stereocenters. The zero-order valence-corrected chi connectivity index (χ0v) is 7.40. The zero-order chi connectivity index (χ0) is 8.72. The number of rotatable bonds is 0. The van der Waals surface area contributed by atoms with Gasteiger partial charge in [-0.05, 0) is 24.6 Å². The molecule has 1 N–H and O–H groups in total. The molecule has 3 heteroatoms. The first-order chi connectivity index (χ1) is 5.66. The molecule has 0 fully saturated rings. The lowest BCUT2D eigenvalue weighted by molar-refractivity contribution is -0.115. The van der Waals surface area contributed by atoms with Gasteiger partial charge in [0, 0.05) is 16.3 Å². The van der Waals surface area contributed by atoms with Crippen LogP contribution < -0.4 is 5.32 Å². The Labute approximate surface area is 75.5 Å². The Morgan fingerprint density at radius 1 is 1.50 bits per heavy atom. The van der Waals surface area contributed by atoms with E-state index in [9.17, 15) is 4.79 Å². The van der Waals surface area contributed by atoms with Crippen LogP contribution >= 0.6 is 11.6 Å². The fourth-order valence-corrected chi connectivity index (χ4v) is 1.76. The number of aryl methyl sites for hydroxylation is 1. The van der Waals surface area contributed by atoms with Gasteiger partial charge in [0.2, 0.25) is 5.91 Å². The second kappa shape index (κ2) is 2.49. The van der Waals surface area contributed by atoms with E-state index in [0.29, 0.717) is 11.4 Å². The van der Waals surface area contributed by atoms with Crippen molar-refractivity contribution in [1.29, 1.82) is 0 Å². The van der Waals surface area contributed by atoms with Gasteiger partial charge >= 0.3 is 0 Å². The SMILES string of the molecule is Cc1cc(Cl)c2c(c1)NC(=O)C2. The van der Waals surface area contributed by atoms with Crippen molar-refractivity contribution in [3.63, 3.8) is 0 Å². The van der Waals surface area contributed by atoms with Gasteiger partial charge in [-0.2, -0.15) is 0 Å². The number of fused-ring (bicyclic) bond motifs is 1. The van der Waals surface area contributed by atoms with E-state index in [-0.39, 0.29) is 5.91 Å². The summed E-state index contributed by atoms with van der Waals surface area (Å²) in [6.45, 7) is 1.95. The fraction of sp³-hybridized carbons (Fsp3) is 0.222. The van der Waals surface area contributed by atoms with Crippen molar-refractivity contribution in [2.75, 3.05) is 5.32 Å². The molecule has 0 saturated heterocycles. The number of halogens is 1. The second-order valence-electron chi connectivity index (χ2n) is 3.00. The van der Waals surface area contributed by atoms with Crippen molar-refractivity contribution >= 4 is 23.2 Å². The van der Waals surface area contributed by atoms with Crippen LogP contribution in [0.4, 0.5) is 5.69 Å². The van der Waals surface area contributed by atoms with E-state index in [4.69, 9.17) is 11.6 Å². The van der Waals surface area contributed by atoms with E-state index in [1.165, 1.54) is 0 Å². The highest BCUT2D eigenvalue weighted by Gasteiger charge is 2.20. The Morgan fingerprint density at radius 2 is 2.25 bits per heavy atom. The molecule has 1 aliphatic rings. The van der Waals surface area contributed by atoms with E-state index in [2.05, 4.69) is 5.32 Å². The maximum absolute atomic E-state index is 11.0. The van der Waals surface area contributed by atoms with Gasteiger partial charge in [0.1, 0.15) is 0 Å². The summed E-state index contributed by atoms with van der Waals surface area (Å²) in [4.78, 5) is 11.0. The number of amides is 1. The van der Waals surface area contributed by atoms with Crippen molar-refractivity contribution in [3.05, 3.63) is 28.3 Å². The molecule has 0 aliphatic carbocycles. The minimum absolute atomic E-state index is 0.0255. The molecule has 0 radical (unpaired) electrons. The number of hydrogen-bond acceptors (Lipinski definition) is 1. The van der Waals surface area contributed by atoms with Crippen molar-refractivity contribution in [1.82, 2.24) is 0 Å². The Bertz CT molecular complexity index is 360. The van der Waals surface area contributed by atoms with E-state index in [0.717, 1.165) is 16.8 Å². The molecule has 2 nitrogen and oxygen atoms in total. The molecule has 0 aromatic heterocycles. The van der Waals surface area contributed by atoms with Gasteiger partial charge in [-0.1, -0.05) is 11.6 Å². The van der Waals surface area contributed by atoms with E-state index >= 15 is 0 Å². The second-order valence-corrected chi connectivity index (χ2v) is 3.41.